The molecular weight excluding hydrogens is 488 g/mol. The molecule has 1 heterocycles. The molecule has 0 radical (unpaired) electrons. The summed E-state index contributed by atoms with van der Waals surface area (Å²) in [7, 11) is 1.71. The molecule has 1 unspecified atom stereocenters. The molecule has 0 bridgehead atoms. The average molecular weight is 521 g/mol. The Morgan fingerprint density at radius 1 is 1.14 bits per heavy atom. The van der Waals surface area contributed by atoms with Crippen molar-refractivity contribution in [1.29, 1.82) is 0 Å². The number of ether oxygens (including phenoxy) is 1. The lowest BCUT2D eigenvalue weighted by molar-refractivity contribution is -0.123. The van der Waals surface area contributed by atoms with Crippen molar-refractivity contribution in [3.8, 4) is 0 Å². The standard InChI is InChI=1S/C20H32FN5O2.HI/c1-15(2)19(27)23-8-9-24-20(22-3)25-14-18(26-10-12-28-13-11-26)16-4-6-17(21)7-5-16;/h4-7,15,18H,8-14H2,1-3H3,(H,23,27)(H2,22,24,25);1H. The van der Waals surface area contributed by atoms with Crippen LogP contribution in [0.4, 0.5) is 4.39 Å². The molecule has 7 nitrogen and oxygen atoms in total. The van der Waals surface area contributed by atoms with E-state index in [1.165, 1.54) is 12.1 Å². The summed E-state index contributed by atoms with van der Waals surface area (Å²) in [6, 6.07) is 6.73. The number of amides is 1. The SMILES string of the molecule is CN=C(NCCNC(=O)C(C)C)NCC(c1ccc(F)cc1)N1CCOCC1.I. The predicted molar refractivity (Wildman–Crippen MR) is 124 cm³/mol. The number of carbonyl (C=O) groups excluding carboxylic acids is 1. The van der Waals surface area contributed by atoms with Gasteiger partial charge in [0.25, 0.3) is 0 Å². The summed E-state index contributed by atoms with van der Waals surface area (Å²) in [6.07, 6.45) is 0. The normalized spacial score (nSPS) is 16.1. The number of guanidine groups is 1. The van der Waals surface area contributed by atoms with Crippen molar-refractivity contribution in [3.05, 3.63) is 35.6 Å². The van der Waals surface area contributed by atoms with Crippen LogP contribution in [0.3, 0.4) is 0 Å². The van der Waals surface area contributed by atoms with Gasteiger partial charge in [0, 0.05) is 45.7 Å². The third-order valence-electron chi connectivity index (χ3n) is 4.67. The maximum atomic E-state index is 13.3. The van der Waals surface area contributed by atoms with E-state index in [2.05, 4.69) is 25.8 Å². The molecule has 1 saturated heterocycles. The fourth-order valence-corrected chi connectivity index (χ4v) is 3.02. The van der Waals surface area contributed by atoms with E-state index < -0.39 is 0 Å². The molecule has 9 heteroatoms. The number of hydrogen-bond donors (Lipinski definition) is 3. The predicted octanol–water partition coefficient (Wildman–Crippen LogP) is 1.75. The van der Waals surface area contributed by atoms with E-state index in [-0.39, 0.29) is 47.7 Å². The zero-order valence-electron chi connectivity index (χ0n) is 17.4. The van der Waals surface area contributed by atoms with Crippen LogP contribution < -0.4 is 16.0 Å². The van der Waals surface area contributed by atoms with Crippen LogP contribution in [0.2, 0.25) is 0 Å². The number of hydrogen-bond acceptors (Lipinski definition) is 4. The van der Waals surface area contributed by atoms with Gasteiger partial charge in [-0.2, -0.15) is 0 Å². The second-order valence-electron chi connectivity index (χ2n) is 7.04. The highest BCUT2D eigenvalue weighted by molar-refractivity contribution is 14.0. The molecule has 1 amide bonds. The van der Waals surface area contributed by atoms with Crippen molar-refractivity contribution in [1.82, 2.24) is 20.9 Å². The first-order chi connectivity index (χ1) is 13.5. The van der Waals surface area contributed by atoms with Crippen LogP contribution in [0.25, 0.3) is 0 Å². The van der Waals surface area contributed by atoms with Crippen LogP contribution in [0.1, 0.15) is 25.5 Å². The molecule has 164 valence electrons. The van der Waals surface area contributed by atoms with E-state index in [9.17, 15) is 9.18 Å². The Hall–Kier alpha value is -1.46. The van der Waals surface area contributed by atoms with Gasteiger partial charge in [0.05, 0.1) is 19.3 Å². The largest absolute Gasteiger partial charge is 0.379 e. The van der Waals surface area contributed by atoms with Crippen molar-refractivity contribution in [3.63, 3.8) is 0 Å². The molecule has 1 aromatic carbocycles. The van der Waals surface area contributed by atoms with Crippen molar-refractivity contribution in [2.45, 2.75) is 19.9 Å². The van der Waals surface area contributed by atoms with Gasteiger partial charge in [-0.1, -0.05) is 26.0 Å². The van der Waals surface area contributed by atoms with Crippen molar-refractivity contribution >= 4 is 35.8 Å². The smallest absolute Gasteiger partial charge is 0.222 e. The van der Waals surface area contributed by atoms with E-state index in [0.717, 1.165) is 18.7 Å². The lowest BCUT2D eigenvalue weighted by atomic mass is 10.0. The summed E-state index contributed by atoms with van der Waals surface area (Å²) >= 11 is 0. The molecule has 1 fully saturated rings. The number of benzene rings is 1. The van der Waals surface area contributed by atoms with E-state index in [1.54, 1.807) is 7.05 Å². The molecule has 29 heavy (non-hydrogen) atoms. The molecule has 3 N–H and O–H groups in total. The fraction of sp³-hybridized carbons (Fsp3) is 0.600. The van der Waals surface area contributed by atoms with Gasteiger partial charge in [-0.15, -0.1) is 24.0 Å². The maximum Gasteiger partial charge on any atom is 0.222 e. The first-order valence-corrected chi connectivity index (χ1v) is 9.80. The Bertz CT molecular complexity index is 636. The molecular formula is C20H33FIN5O2. The van der Waals surface area contributed by atoms with Crippen molar-refractivity contribution in [2.24, 2.45) is 10.9 Å². The third kappa shape index (κ3) is 8.83. The quantitative estimate of drug-likeness (QED) is 0.211. The minimum atomic E-state index is -0.238. The van der Waals surface area contributed by atoms with Gasteiger partial charge in [0.15, 0.2) is 5.96 Å². The molecule has 1 aliphatic rings. The topological polar surface area (TPSA) is 78.0 Å². The highest BCUT2D eigenvalue weighted by Gasteiger charge is 2.23. The van der Waals surface area contributed by atoms with Crippen molar-refractivity contribution < 1.29 is 13.9 Å². The average Bonchev–Trinajstić information content (AvgIpc) is 2.71. The minimum Gasteiger partial charge on any atom is -0.379 e. The van der Waals surface area contributed by atoms with Gasteiger partial charge >= 0.3 is 0 Å². The Kier molecular flexibility index (Phi) is 12.1. The zero-order valence-corrected chi connectivity index (χ0v) is 19.7. The van der Waals surface area contributed by atoms with Gasteiger partial charge in [0.1, 0.15) is 5.82 Å². The number of nitrogens with one attached hydrogen (secondary N) is 3. The summed E-state index contributed by atoms with van der Waals surface area (Å²) in [4.78, 5) is 18.2. The molecule has 0 aromatic heterocycles. The summed E-state index contributed by atoms with van der Waals surface area (Å²) in [5, 5.41) is 9.41. The number of nitrogens with zero attached hydrogens (tertiary/aromatic N) is 2. The first kappa shape index (κ1) is 25.6. The highest BCUT2D eigenvalue weighted by atomic mass is 127. The van der Waals surface area contributed by atoms with Gasteiger partial charge < -0.3 is 20.7 Å². The van der Waals surface area contributed by atoms with Crippen LogP contribution in [0, 0.1) is 11.7 Å². The van der Waals surface area contributed by atoms with Crippen molar-refractivity contribution in [2.75, 3.05) is 53.0 Å². The van der Waals surface area contributed by atoms with E-state index in [1.807, 2.05) is 26.0 Å². The lowest BCUT2D eigenvalue weighted by Gasteiger charge is -2.35. The molecule has 2 rings (SSSR count). The summed E-state index contributed by atoms with van der Waals surface area (Å²) in [5.41, 5.74) is 1.05. The third-order valence-corrected chi connectivity index (χ3v) is 4.67. The summed E-state index contributed by atoms with van der Waals surface area (Å²) < 4.78 is 18.8. The second-order valence-corrected chi connectivity index (χ2v) is 7.04. The minimum absolute atomic E-state index is 0. The fourth-order valence-electron chi connectivity index (χ4n) is 3.02. The number of carbonyl (C=O) groups is 1. The number of halogens is 2. The first-order valence-electron chi connectivity index (χ1n) is 9.80. The second kappa shape index (κ2) is 13.7. The summed E-state index contributed by atoms with van der Waals surface area (Å²) in [6.45, 7) is 8.52. The van der Waals surface area contributed by atoms with Crippen LogP contribution in [0.15, 0.2) is 29.3 Å². The Balaban J connectivity index is 0.00000420. The van der Waals surface area contributed by atoms with Crippen LogP contribution in [-0.2, 0) is 9.53 Å². The van der Waals surface area contributed by atoms with Gasteiger partial charge in [-0.25, -0.2) is 4.39 Å². The Labute approximate surface area is 189 Å². The maximum absolute atomic E-state index is 13.3. The lowest BCUT2D eigenvalue weighted by Crippen LogP contribution is -2.47. The van der Waals surface area contributed by atoms with Gasteiger partial charge in [-0.05, 0) is 17.7 Å². The van der Waals surface area contributed by atoms with Crippen LogP contribution in [0.5, 0.6) is 0 Å². The van der Waals surface area contributed by atoms with Crippen LogP contribution in [-0.4, -0.2) is 69.8 Å². The highest BCUT2D eigenvalue weighted by Crippen LogP contribution is 2.21. The van der Waals surface area contributed by atoms with E-state index in [0.29, 0.717) is 38.8 Å². The number of rotatable bonds is 8. The molecule has 0 spiro atoms. The zero-order chi connectivity index (χ0) is 20.4. The van der Waals surface area contributed by atoms with Crippen LogP contribution >= 0.6 is 24.0 Å². The molecule has 0 saturated carbocycles. The Morgan fingerprint density at radius 3 is 2.34 bits per heavy atom. The molecule has 0 aliphatic carbocycles. The van der Waals surface area contributed by atoms with Gasteiger partial charge in [-0.3, -0.25) is 14.7 Å². The van der Waals surface area contributed by atoms with E-state index in [4.69, 9.17) is 4.74 Å². The molecule has 1 aliphatic heterocycles. The van der Waals surface area contributed by atoms with Gasteiger partial charge in [0.2, 0.25) is 5.91 Å². The summed E-state index contributed by atoms with van der Waals surface area (Å²) in [5.74, 6) is 0.438. The number of aliphatic imine (C=N–C) groups is 1. The number of morpholine rings is 1. The molecule has 1 atom stereocenters. The van der Waals surface area contributed by atoms with E-state index >= 15 is 0 Å². The Morgan fingerprint density at radius 2 is 1.76 bits per heavy atom. The molecule has 1 aromatic rings. The monoisotopic (exact) mass is 521 g/mol.